The Morgan fingerprint density at radius 2 is 1.68 bits per heavy atom. The molecule has 2 amide bonds. The van der Waals surface area contributed by atoms with E-state index in [4.69, 9.17) is 28.4 Å². The lowest BCUT2D eigenvalue weighted by Crippen LogP contribution is -2.55. The van der Waals surface area contributed by atoms with E-state index in [0.717, 1.165) is 16.8 Å². The molecule has 0 radical (unpaired) electrons. The van der Waals surface area contributed by atoms with Crippen LogP contribution in [0, 0.1) is 22.0 Å². The fraction of sp³-hybridized carbons (Fsp3) is 0.432. The third kappa shape index (κ3) is 7.19. The van der Waals surface area contributed by atoms with Crippen LogP contribution in [-0.2, 0) is 20.7 Å². The van der Waals surface area contributed by atoms with Crippen LogP contribution >= 0.6 is 11.8 Å². The lowest BCUT2D eigenvalue weighted by Gasteiger charge is -2.37. The number of benzene rings is 3. The minimum absolute atomic E-state index is 0.0150. The summed E-state index contributed by atoms with van der Waals surface area (Å²) >= 11 is 1.55. The zero-order chi connectivity index (χ0) is 37.2. The van der Waals surface area contributed by atoms with Crippen molar-refractivity contribution in [2.24, 2.45) is 11.8 Å². The standard InChI is InChI=1S/C37H40N4O11S/c1-47-30-16-22(32-26-18-29-28(50-20-51-29)15-21(26)14-23-19-49-36(43)33(23)32)17-31(48-2)34(30)52-37(44)38-27(8-13-53-3)35(42)40-11-9-39(10-12-40)24-4-6-25(7-5-24)41(45)46/h4-7,15-18,23,27,32-33H,8-14,19-20H2,1-3H3,(H,38,44)/t23-,27+,32+,33-/m0/s1. The highest BCUT2D eigenvalue weighted by Gasteiger charge is 2.48. The number of nitrogens with one attached hydrogen (secondary N) is 1. The number of anilines is 1. The summed E-state index contributed by atoms with van der Waals surface area (Å²) in [5, 5.41) is 13.8. The van der Waals surface area contributed by atoms with E-state index in [-0.39, 0.29) is 47.5 Å². The van der Waals surface area contributed by atoms with E-state index in [9.17, 15) is 24.5 Å². The summed E-state index contributed by atoms with van der Waals surface area (Å²) in [4.78, 5) is 54.8. The smallest absolute Gasteiger partial charge is 0.413 e. The maximum absolute atomic E-state index is 13.8. The number of hydrogen-bond donors (Lipinski definition) is 1. The van der Waals surface area contributed by atoms with Gasteiger partial charge in [0.15, 0.2) is 23.0 Å². The zero-order valence-corrected chi connectivity index (χ0v) is 30.3. The van der Waals surface area contributed by atoms with Gasteiger partial charge in [0.2, 0.25) is 18.4 Å². The number of carbonyl (C=O) groups excluding carboxylic acids is 3. The van der Waals surface area contributed by atoms with Crippen molar-refractivity contribution in [1.82, 2.24) is 10.2 Å². The molecule has 2 saturated heterocycles. The van der Waals surface area contributed by atoms with Crippen LogP contribution in [0.15, 0.2) is 48.5 Å². The number of esters is 1. The molecule has 3 aromatic carbocycles. The molecule has 53 heavy (non-hydrogen) atoms. The number of methoxy groups -OCH3 is 2. The SMILES string of the molecule is COc1cc([C@@H]2c3cc4c(cc3C[C@H]3COC(=O)[C@@H]32)OCO4)cc(OC)c1OC(=O)N[C@H](CCSC)C(=O)N1CCN(c2ccc([N+](=O)[O-])cc2)CC1. The Morgan fingerprint density at radius 1 is 1.00 bits per heavy atom. The highest BCUT2D eigenvalue weighted by atomic mass is 32.2. The van der Waals surface area contributed by atoms with Crippen molar-refractivity contribution in [3.8, 4) is 28.7 Å². The molecule has 1 aliphatic carbocycles. The first-order chi connectivity index (χ1) is 25.7. The van der Waals surface area contributed by atoms with Crippen molar-refractivity contribution < 1.29 is 47.7 Å². The molecule has 0 bridgehead atoms. The summed E-state index contributed by atoms with van der Waals surface area (Å²) < 4.78 is 34.2. The number of piperazine rings is 1. The molecule has 280 valence electrons. The Balaban J connectivity index is 1.08. The van der Waals surface area contributed by atoms with Gasteiger partial charge in [0.05, 0.1) is 31.7 Å². The third-order valence-corrected chi connectivity index (χ3v) is 10.9. The molecule has 1 N–H and O–H groups in total. The Kier molecular flexibility index (Phi) is 10.4. The van der Waals surface area contributed by atoms with Crippen molar-refractivity contribution >= 4 is 41.1 Å². The summed E-state index contributed by atoms with van der Waals surface area (Å²) in [6.45, 7) is 2.31. The number of hydrogen-bond acceptors (Lipinski definition) is 13. The predicted molar refractivity (Wildman–Crippen MR) is 193 cm³/mol. The molecule has 4 aliphatic rings. The second kappa shape index (κ2) is 15.3. The second-order valence-electron chi connectivity index (χ2n) is 13.2. The van der Waals surface area contributed by atoms with Crippen LogP contribution in [0.1, 0.15) is 29.0 Å². The van der Waals surface area contributed by atoms with Crippen LogP contribution in [-0.4, -0.2) is 99.6 Å². The van der Waals surface area contributed by atoms with E-state index in [1.54, 1.807) is 40.9 Å². The topological polar surface area (TPSA) is 168 Å². The van der Waals surface area contributed by atoms with Crippen LogP contribution < -0.4 is 33.9 Å². The third-order valence-electron chi connectivity index (χ3n) is 10.3. The van der Waals surface area contributed by atoms with Gasteiger partial charge in [-0.1, -0.05) is 0 Å². The average molecular weight is 749 g/mol. The number of carbonyl (C=O) groups is 3. The van der Waals surface area contributed by atoms with E-state index in [1.165, 1.54) is 26.4 Å². The van der Waals surface area contributed by atoms with Crippen LogP contribution in [0.3, 0.4) is 0 Å². The van der Waals surface area contributed by atoms with Gasteiger partial charge in [0.1, 0.15) is 6.04 Å². The molecule has 16 heteroatoms. The quantitative estimate of drug-likeness (QED) is 0.167. The first kappa shape index (κ1) is 36.0. The first-order valence-corrected chi connectivity index (χ1v) is 18.7. The summed E-state index contributed by atoms with van der Waals surface area (Å²) in [5.41, 5.74) is 3.50. The number of rotatable bonds is 11. The second-order valence-corrected chi connectivity index (χ2v) is 14.2. The van der Waals surface area contributed by atoms with Crippen LogP contribution in [0.2, 0.25) is 0 Å². The number of nitro groups is 1. The van der Waals surface area contributed by atoms with Crippen LogP contribution in [0.4, 0.5) is 16.2 Å². The van der Waals surface area contributed by atoms with E-state index in [2.05, 4.69) is 10.2 Å². The van der Waals surface area contributed by atoms with E-state index >= 15 is 0 Å². The molecule has 15 nitrogen and oxygen atoms in total. The maximum Gasteiger partial charge on any atom is 0.413 e. The largest absolute Gasteiger partial charge is 0.493 e. The van der Waals surface area contributed by atoms with Gasteiger partial charge in [0, 0.05) is 55.8 Å². The van der Waals surface area contributed by atoms with E-state index in [1.807, 2.05) is 18.4 Å². The number of fused-ring (bicyclic) bond motifs is 3. The molecule has 7 rings (SSSR count). The fourth-order valence-corrected chi connectivity index (χ4v) is 8.10. The average Bonchev–Trinajstić information content (AvgIpc) is 3.79. The molecular formula is C37H40N4O11S. The van der Waals surface area contributed by atoms with Gasteiger partial charge < -0.3 is 43.5 Å². The number of ether oxygens (including phenoxy) is 6. The number of nitro benzene ring substituents is 1. The van der Waals surface area contributed by atoms with Gasteiger partial charge in [-0.2, -0.15) is 11.8 Å². The molecule has 0 aromatic heterocycles. The number of thioether (sulfide) groups is 1. The molecule has 3 heterocycles. The summed E-state index contributed by atoms with van der Waals surface area (Å²) in [6, 6.07) is 12.8. The molecule has 3 aromatic rings. The fourth-order valence-electron chi connectivity index (χ4n) is 7.63. The molecule has 4 atom stereocenters. The Bertz CT molecular complexity index is 1870. The Labute approximate surface area is 309 Å². The Hall–Kier alpha value is -5.38. The molecule has 0 spiro atoms. The summed E-state index contributed by atoms with van der Waals surface area (Å²) in [5.74, 6) is 0.893. The minimum atomic E-state index is -0.853. The normalized spacial score (nSPS) is 20.5. The zero-order valence-electron chi connectivity index (χ0n) is 29.5. The van der Waals surface area contributed by atoms with Gasteiger partial charge in [-0.15, -0.1) is 0 Å². The lowest BCUT2D eigenvalue weighted by atomic mass is 9.67. The van der Waals surface area contributed by atoms with Gasteiger partial charge in [-0.25, -0.2) is 4.79 Å². The summed E-state index contributed by atoms with van der Waals surface area (Å²) in [7, 11) is 2.90. The monoisotopic (exact) mass is 748 g/mol. The van der Waals surface area contributed by atoms with Crippen molar-refractivity contribution in [3.05, 3.63) is 75.3 Å². The minimum Gasteiger partial charge on any atom is -0.493 e. The molecule has 3 aliphatic heterocycles. The molecular weight excluding hydrogens is 708 g/mol. The first-order valence-electron chi connectivity index (χ1n) is 17.3. The molecule has 0 unspecified atom stereocenters. The number of nitrogens with zero attached hydrogens (tertiary/aromatic N) is 3. The van der Waals surface area contributed by atoms with Gasteiger partial charge >= 0.3 is 12.1 Å². The molecule has 2 fully saturated rings. The maximum atomic E-state index is 13.8. The van der Waals surface area contributed by atoms with E-state index in [0.29, 0.717) is 68.4 Å². The van der Waals surface area contributed by atoms with Gasteiger partial charge in [-0.05, 0) is 77.9 Å². The van der Waals surface area contributed by atoms with Gasteiger partial charge in [0.25, 0.3) is 5.69 Å². The lowest BCUT2D eigenvalue weighted by molar-refractivity contribution is -0.384. The Morgan fingerprint density at radius 3 is 2.32 bits per heavy atom. The summed E-state index contributed by atoms with van der Waals surface area (Å²) in [6.07, 6.45) is 2.10. The van der Waals surface area contributed by atoms with Crippen molar-refractivity contribution in [2.45, 2.75) is 24.8 Å². The van der Waals surface area contributed by atoms with Crippen molar-refractivity contribution in [3.63, 3.8) is 0 Å². The van der Waals surface area contributed by atoms with E-state index < -0.39 is 28.9 Å². The predicted octanol–water partition coefficient (Wildman–Crippen LogP) is 4.38. The van der Waals surface area contributed by atoms with Crippen molar-refractivity contribution in [1.29, 1.82) is 0 Å². The van der Waals surface area contributed by atoms with Crippen LogP contribution in [0.25, 0.3) is 0 Å². The molecule has 0 saturated carbocycles. The number of amides is 2. The number of non-ortho nitro benzene ring substituents is 1. The number of cyclic esters (lactones) is 1. The highest BCUT2D eigenvalue weighted by Crippen LogP contribution is 2.52. The highest BCUT2D eigenvalue weighted by molar-refractivity contribution is 7.98. The van der Waals surface area contributed by atoms with Gasteiger partial charge in [-0.3, -0.25) is 19.7 Å². The van der Waals surface area contributed by atoms with Crippen LogP contribution in [0.5, 0.6) is 28.7 Å². The van der Waals surface area contributed by atoms with Crippen molar-refractivity contribution in [2.75, 3.05) is 70.7 Å².